The van der Waals surface area contributed by atoms with E-state index in [0.717, 1.165) is 6.42 Å². The lowest BCUT2D eigenvalue weighted by molar-refractivity contribution is -0.384. The molecule has 3 aromatic rings. The van der Waals surface area contributed by atoms with Crippen LogP contribution in [0, 0.1) is 16.0 Å². The summed E-state index contributed by atoms with van der Waals surface area (Å²) in [6.45, 7) is 6.17. The standard InChI is InChI=1S/C21H24N4O4/c1-13(2)12-14(3)24-20(26)19-17(6-5-7-18(19)29-4)23-21(24)22-15-8-10-16(11-9-15)25(27)28/h5-11,13-14H,12H2,1-4H3,(H,22,23). The minimum Gasteiger partial charge on any atom is -0.496 e. The zero-order chi connectivity index (χ0) is 21.1. The lowest BCUT2D eigenvalue weighted by atomic mass is 10.0. The SMILES string of the molecule is COc1cccc2nc(Nc3ccc([N+](=O)[O-])cc3)n(C(C)CC(C)C)c(=O)c12. The van der Waals surface area contributed by atoms with Gasteiger partial charge >= 0.3 is 0 Å². The quantitative estimate of drug-likeness (QED) is 0.460. The van der Waals surface area contributed by atoms with Crippen molar-refractivity contribution in [3.8, 4) is 5.75 Å². The third-order valence-corrected chi connectivity index (χ3v) is 4.70. The maximum absolute atomic E-state index is 13.4. The van der Waals surface area contributed by atoms with E-state index in [2.05, 4.69) is 24.1 Å². The Balaban J connectivity index is 2.15. The molecule has 152 valence electrons. The first-order chi connectivity index (χ1) is 13.8. The number of anilines is 2. The van der Waals surface area contributed by atoms with Crippen molar-refractivity contribution in [1.29, 1.82) is 0 Å². The van der Waals surface area contributed by atoms with E-state index in [1.165, 1.54) is 19.2 Å². The van der Waals surface area contributed by atoms with Gasteiger partial charge in [-0.05, 0) is 43.5 Å². The number of aromatic nitrogens is 2. The van der Waals surface area contributed by atoms with Gasteiger partial charge < -0.3 is 10.1 Å². The highest BCUT2D eigenvalue weighted by atomic mass is 16.6. The van der Waals surface area contributed by atoms with Crippen LogP contribution < -0.4 is 15.6 Å². The highest BCUT2D eigenvalue weighted by Crippen LogP contribution is 2.27. The van der Waals surface area contributed by atoms with Crippen molar-refractivity contribution in [3.05, 3.63) is 62.9 Å². The van der Waals surface area contributed by atoms with Crippen molar-refractivity contribution in [3.63, 3.8) is 0 Å². The average Bonchev–Trinajstić information content (AvgIpc) is 2.67. The number of ether oxygens (including phenoxy) is 1. The van der Waals surface area contributed by atoms with Gasteiger partial charge in [0.15, 0.2) is 0 Å². The monoisotopic (exact) mass is 396 g/mol. The van der Waals surface area contributed by atoms with E-state index in [9.17, 15) is 14.9 Å². The molecule has 0 amide bonds. The normalized spacial score (nSPS) is 12.2. The van der Waals surface area contributed by atoms with Crippen LogP contribution in [0.1, 0.15) is 33.2 Å². The molecule has 0 aliphatic rings. The van der Waals surface area contributed by atoms with Crippen LogP contribution in [0.5, 0.6) is 5.75 Å². The maximum atomic E-state index is 13.4. The summed E-state index contributed by atoms with van der Waals surface area (Å²) in [5, 5.41) is 14.5. The summed E-state index contributed by atoms with van der Waals surface area (Å²) < 4.78 is 7.01. The molecule has 3 rings (SSSR count). The Morgan fingerprint density at radius 3 is 2.45 bits per heavy atom. The number of nitro groups is 1. The molecule has 29 heavy (non-hydrogen) atoms. The van der Waals surface area contributed by atoms with Gasteiger partial charge in [-0.2, -0.15) is 0 Å². The van der Waals surface area contributed by atoms with Crippen molar-refractivity contribution < 1.29 is 9.66 Å². The first kappa shape index (κ1) is 20.3. The number of nitrogens with one attached hydrogen (secondary N) is 1. The molecule has 0 aliphatic heterocycles. The third kappa shape index (κ3) is 4.21. The third-order valence-electron chi connectivity index (χ3n) is 4.70. The smallest absolute Gasteiger partial charge is 0.269 e. The van der Waals surface area contributed by atoms with Crippen LogP contribution in [0.2, 0.25) is 0 Å². The Kier molecular flexibility index (Phi) is 5.81. The van der Waals surface area contributed by atoms with Gasteiger partial charge in [-0.25, -0.2) is 4.98 Å². The number of hydrogen-bond donors (Lipinski definition) is 1. The highest BCUT2D eigenvalue weighted by Gasteiger charge is 2.19. The number of rotatable bonds is 7. The van der Waals surface area contributed by atoms with E-state index in [1.807, 2.05) is 6.92 Å². The van der Waals surface area contributed by atoms with Gasteiger partial charge in [-0.15, -0.1) is 0 Å². The second-order valence-corrected chi connectivity index (χ2v) is 7.37. The van der Waals surface area contributed by atoms with Crippen LogP contribution >= 0.6 is 0 Å². The minimum atomic E-state index is -0.453. The topological polar surface area (TPSA) is 99.3 Å². The lowest BCUT2D eigenvalue weighted by Gasteiger charge is -2.22. The second-order valence-electron chi connectivity index (χ2n) is 7.37. The van der Waals surface area contributed by atoms with Gasteiger partial charge in [0.05, 0.1) is 17.5 Å². The second kappa shape index (κ2) is 8.30. The summed E-state index contributed by atoms with van der Waals surface area (Å²) in [6, 6.07) is 11.2. The number of nitrogens with zero attached hydrogens (tertiary/aromatic N) is 3. The molecule has 1 N–H and O–H groups in total. The van der Waals surface area contributed by atoms with Crippen LogP contribution in [0.4, 0.5) is 17.3 Å². The fraction of sp³-hybridized carbons (Fsp3) is 0.333. The molecule has 0 spiro atoms. The lowest BCUT2D eigenvalue weighted by Crippen LogP contribution is -2.28. The molecule has 1 unspecified atom stereocenters. The van der Waals surface area contributed by atoms with Gasteiger partial charge in [0.1, 0.15) is 11.1 Å². The predicted octanol–water partition coefficient (Wildman–Crippen LogP) is 4.66. The fourth-order valence-corrected chi connectivity index (χ4v) is 3.46. The molecule has 1 atom stereocenters. The molecule has 0 radical (unpaired) electrons. The Hall–Kier alpha value is -3.42. The zero-order valence-electron chi connectivity index (χ0n) is 16.9. The molecule has 0 bridgehead atoms. The van der Waals surface area contributed by atoms with Crippen LogP contribution in [-0.2, 0) is 0 Å². The Morgan fingerprint density at radius 1 is 1.17 bits per heavy atom. The molecule has 1 aromatic heterocycles. The Morgan fingerprint density at radius 2 is 1.86 bits per heavy atom. The largest absolute Gasteiger partial charge is 0.496 e. The average molecular weight is 396 g/mol. The van der Waals surface area contributed by atoms with Gasteiger partial charge in [0, 0.05) is 23.9 Å². The Labute approximate surface area is 168 Å². The van der Waals surface area contributed by atoms with Crippen LogP contribution in [-0.4, -0.2) is 21.6 Å². The summed E-state index contributed by atoms with van der Waals surface area (Å²) in [5.41, 5.74) is 0.935. The zero-order valence-corrected chi connectivity index (χ0v) is 16.9. The molecule has 0 fully saturated rings. The minimum absolute atomic E-state index is 0.00248. The van der Waals surface area contributed by atoms with Crippen molar-refractivity contribution in [2.45, 2.75) is 33.2 Å². The van der Waals surface area contributed by atoms with Crippen molar-refractivity contribution in [2.75, 3.05) is 12.4 Å². The van der Waals surface area contributed by atoms with Gasteiger partial charge in [0.2, 0.25) is 5.95 Å². The molecule has 2 aromatic carbocycles. The van der Waals surface area contributed by atoms with E-state index in [-0.39, 0.29) is 17.3 Å². The summed E-state index contributed by atoms with van der Waals surface area (Å²) >= 11 is 0. The van der Waals surface area contributed by atoms with E-state index >= 15 is 0 Å². The van der Waals surface area contributed by atoms with Crippen LogP contribution in [0.15, 0.2) is 47.3 Å². The summed E-state index contributed by atoms with van der Waals surface area (Å²) in [7, 11) is 1.53. The molecule has 0 saturated heterocycles. The van der Waals surface area contributed by atoms with Crippen LogP contribution in [0.3, 0.4) is 0 Å². The molecule has 8 nitrogen and oxygen atoms in total. The fourth-order valence-electron chi connectivity index (χ4n) is 3.46. The molecular weight excluding hydrogens is 372 g/mol. The van der Waals surface area contributed by atoms with Crippen molar-refractivity contribution in [1.82, 2.24) is 9.55 Å². The molecule has 0 aliphatic carbocycles. The maximum Gasteiger partial charge on any atom is 0.269 e. The van der Waals surface area contributed by atoms with E-state index in [0.29, 0.717) is 34.2 Å². The number of methoxy groups -OCH3 is 1. The van der Waals surface area contributed by atoms with E-state index in [1.54, 1.807) is 34.9 Å². The number of benzene rings is 2. The number of fused-ring (bicyclic) bond motifs is 1. The predicted molar refractivity (Wildman–Crippen MR) is 113 cm³/mol. The number of nitro benzene ring substituents is 1. The number of non-ortho nitro benzene ring substituents is 1. The van der Waals surface area contributed by atoms with E-state index < -0.39 is 4.92 Å². The van der Waals surface area contributed by atoms with E-state index in [4.69, 9.17) is 4.74 Å². The van der Waals surface area contributed by atoms with Gasteiger partial charge in [0.25, 0.3) is 11.2 Å². The summed E-state index contributed by atoms with van der Waals surface area (Å²) in [5.74, 6) is 1.25. The number of hydrogen-bond acceptors (Lipinski definition) is 6. The Bertz CT molecular complexity index is 1090. The highest BCUT2D eigenvalue weighted by molar-refractivity contribution is 5.85. The van der Waals surface area contributed by atoms with Crippen molar-refractivity contribution >= 4 is 28.2 Å². The van der Waals surface area contributed by atoms with Gasteiger partial charge in [-0.1, -0.05) is 19.9 Å². The summed E-state index contributed by atoms with van der Waals surface area (Å²) in [4.78, 5) is 28.5. The first-order valence-electron chi connectivity index (χ1n) is 9.42. The first-order valence-corrected chi connectivity index (χ1v) is 9.42. The molecule has 1 heterocycles. The van der Waals surface area contributed by atoms with Crippen molar-refractivity contribution in [2.24, 2.45) is 5.92 Å². The molecule has 0 saturated carbocycles. The summed E-state index contributed by atoms with van der Waals surface area (Å²) in [6.07, 6.45) is 0.789. The van der Waals surface area contributed by atoms with Gasteiger partial charge in [-0.3, -0.25) is 19.5 Å². The molecular formula is C21H24N4O4. The van der Waals surface area contributed by atoms with Crippen LogP contribution in [0.25, 0.3) is 10.9 Å². The molecule has 8 heteroatoms.